The molecule has 1 saturated heterocycles. The maximum Gasteiger partial charge on any atom is 0.240 e. The van der Waals surface area contributed by atoms with E-state index in [1.54, 1.807) is 0 Å². The lowest BCUT2D eigenvalue weighted by Gasteiger charge is -2.34. The molecular formula is C17H23N5O. The number of nitrogens with two attached hydrogens (primary N) is 1. The van der Waals surface area contributed by atoms with E-state index in [1.807, 2.05) is 23.1 Å². The predicted molar refractivity (Wildman–Crippen MR) is 90.6 cm³/mol. The normalized spacial score (nSPS) is 18.8. The number of amides is 1. The molecule has 1 aromatic carbocycles. The molecule has 0 unspecified atom stereocenters. The average molecular weight is 313 g/mol. The zero-order chi connectivity index (χ0) is 16.4. The molecule has 1 aliphatic rings. The molecule has 1 aliphatic heterocycles. The number of fused-ring (bicyclic) bond motifs is 1. The minimum absolute atomic E-state index is 0.0674. The molecule has 0 spiro atoms. The minimum atomic E-state index is -0.0674. The average Bonchev–Trinajstić information content (AvgIpc) is 2.51. The van der Waals surface area contributed by atoms with Crippen molar-refractivity contribution in [3.8, 4) is 0 Å². The van der Waals surface area contributed by atoms with E-state index in [1.165, 1.54) is 6.33 Å². The van der Waals surface area contributed by atoms with Gasteiger partial charge in [0.15, 0.2) is 0 Å². The van der Waals surface area contributed by atoms with Crippen molar-refractivity contribution in [1.29, 1.82) is 0 Å². The number of nitrogens with zero attached hydrogens (tertiary/aromatic N) is 3. The first-order valence-electron chi connectivity index (χ1n) is 8.06. The molecule has 0 radical (unpaired) electrons. The van der Waals surface area contributed by atoms with Crippen LogP contribution in [0.5, 0.6) is 0 Å². The topological polar surface area (TPSA) is 84.1 Å². The fourth-order valence-corrected chi connectivity index (χ4v) is 3.05. The van der Waals surface area contributed by atoms with Crippen LogP contribution in [0.2, 0.25) is 0 Å². The van der Waals surface area contributed by atoms with Crippen molar-refractivity contribution in [2.75, 3.05) is 18.8 Å². The summed E-state index contributed by atoms with van der Waals surface area (Å²) in [4.78, 5) is 22.8. The van der Waals surface area contributed by atoms with Gasteiger partial charge in [0.2, 0.25) is 5.91 Å². The lowest BCUT2D eigenvalue weighted by Crippen LogP contribution is -2.54. The van der Waals surface area contributed by atoms with Crippen LogP contribution in [0.15, 0.2) is 24.5 Å². The van der Waals surface area contributed by atoms with Crippen molar-refractivity contribution in [2.24, 2.45) is 5.92 Å². The summed E-state index contributed by atoms with van der Waals surface area (Å²) in [5.41, 5.74) is 7.73. The number of hydrogen-bond acceptors (Lipinski definition) is 5. The number of nitrogens with one attached hydrogen (secondary N) is 1. The Balaban J connectivity index is 1.77. The van der Waals surface area contributed by atoms with Gasteiger partial charge in [-0.05, 0) is 30.0 Å². The highest BCUT2D eigenvalue weighted by atomic mass is 16.2. The van der Waals surface area contributed by atoms with Crippen LogP contribution in [0.4, 0.5) is 5.82 Å². The highest BCUT2D eigenvalue weighted by Crippen LogP contribution is 2.20. The van der Waals surface area contributed by atoms with Crippen molar-refractivity contribution in [1.82, 2.24) is 20.2 Å². The fourth-order valence-electron chi connectivity index (χ4n) is 3.05. The summed E-state index contributed by atoms with van der Waals surface area (Å²) >= 11 is 0. The van der Waals surface area contributed by atoms with Gasteiger partial charge in [-0.2, -0.15) is 0 Å². The second-order valence-electron chi connectivity index (χ2n) is 6.51. The van der Waals surface area contributed by atoms with Gasteiger partial charge in [-0.3, -0.25) is 4.79 Å². The van der Waals surface area contributed by atoms with Crippen LogP contribution in [-0.4, -0.2) is 39.9 Å². The molecule has 6 heteroatoms. The third-order valence-corrected chi connectivity index (χ3v) is 4.19. The minimum Gasteiger partial charge on any atom is -0.383 e. The summed E-state index contributed by atoms with van der Waals surface area (Å²) in [5.74, 6) is 1.17. The predicted octanol–water partition coefficient (Wildman–Crippen LogP) is 1.56. The van der Waals surface area contributed by atoms with Crippen molar-refractivity contribution < 1.29 is 4.79 Å². The summed E-state index contributed by atoms with van der Waals surface area (Å²) in [6.07, 6.45) is 2.34. The first kappa shape index (κ1) is 15.7. The number of rotatable bonds is 4. The highest BCUT2D eigenvalue weighted by molar-refractivity contribution is 5.88. The van der Waals surface area contributed by atoms with Crippen LogP contribution < -0.4 is 11.1 Å². The first-order valence-corrected chi connectivity index (χ1v) is 8.06. The molecule has 122 valence electrons. The fraction of sp³-hybridized carbons (Fsp3) is 0.471. The van der Waals surface area contributed by atoms with Gasteiger partial charge in [0.25, 0.3) is 0 Å². The summed E-state index contributed by atoms with van der Waals surface area (Å²) in [7, 11) is 0. The highest BCUT2D eigenvalue weighted by Gasteiger charge is 2.28. The van der Waals surface area contributed by atoms with Crippen LogP contribution >= 0.6 is 0 Å². The van der Waals surface area contributed by atoms with Crippen LogP contribution in [0.1, 0.15) is 25.8 Å². The van der Waals surface area contributed by atoms with Gasteiger partial charge >= 0.3 is 0 Å². The van der Waals surface area contributed by atoms with Crippen molar-refractivity contribution in [3.05, 3.63) is 30.1 Å². The van der Waals surface area contributed by atoms with Crippen molar-refractivity contribution in [2.45, 2.75) is 32.9 Å². The van der Waals surface area contributed by atoms with Gasteiger partial charge in [0.1, 0.15) is 12.1 Å². The molecule has 0 bridgehead atoms. The quantitative estimate of drug-likeness (QED) is 0.895. The second-order valence-corrected chi connectivity index (χ2v) is 6.51. The van der Waals surface area contributed by atoms with Gasteiger partial charge in [-0.15, -0.1) is 0 Å². The Labute approximate surface area is 136 Å². The Morgan fingerprint density at radius 3 is 3.00 bits per heavy atom. The molecule has 1 fully saturated rings. The van der Waals surface area contributed by atoms with E-state index in [0.717, 1.165) is 36.0 Å². The third kappa shape index (κ3) is 3.42. The van der Waals surface area contributed by atoms with E-state index < -0.39 is 0 Å². The lowest BCUT2D eigenvalue weighted by molar-refractivity contribution is -0.136. The SMILES string of the molecule is CC(C)C[C@@H]1NCCN(Cc2ccc3c(N)ncnc3c2)C1=O. The van der Waals surface area contributed by atoms with E-state index in [-0.39, 0.29) is 11.9 Å². The molecule has 3 rings (SSSR count). The number of hydrogen-bond donors (Lipinski definition) is 2. The number of piperazine rings is 1. The van der Waals surface area contributed by atoms with Gasteiger partial charge in [-0.25, -0.2) is 9.97 Å². The summed E-state index contributed by atoms with van der Waals surface area (Å²) in [5, 5.41) is 4.17. The summed E-state index contributed by atoms with van der Waals surface area (Å²) in [6.45, 7) is 6.46. The van der Waals surface area contributed by atoms with Gasteiger partial charge in [0, 0.05) is 25.0 Å². The van der Waals surface area contributed by atoms with Gasteiger partial charge in [0.05, 0.1) is 11.6 Å². The van der Waals surface area contributed by atoms with Crippen molar-refractivity contribution >= 4 is 22.6 Å². The van der Waals surface area contributed by atoms with E-state index in [2.05, 4.69) is 29.1 Å². The largest absolute Gasteiger partial charge is 0.383 e. The van der Waals surface area contributed by atoms with Crippen molar-refractivity contribution in [3.63, 3.8) is 0 Å². The maximum absolute atomic E-state index is 12.6. The molecule has 23 heavy (non-hydrogen) atoms. The van der Waals surface area contributed by atoms with Crippen LogP contribution in [-0.2, 0) is 11.3 Å². The number of aromatic nitrogens is 2. The Morgan fingerprint density at radius 2 is 2.22 bits per heavy atom. The smallest absolute Gasteiger partial charge is 0.240 e. The molecular weight excluding hydrogens is 290 g/mol. The van der Waals surface area contributed by atoms with Crippen LogP contribution in [0, 0.1) is 5.92 Å². The Kier molecular flexibility index (Phi) is 4.43. The molecule has 1 atom stereocenters. The molecule has 1 amide bonds. The molecule has 6 nitrogen and oxygen atoms in total. The lowest BCUT2D eigenvalue weighted by atomic mass is 10.0. The molecule has 0 saturated carbocycles. The molecule has 0 aliphatic carbocycles. The maximum atomic E-state index is 12.6. The Hall–Kier alpha value is -2.21. The van der Waals surface area contributed by atoms with E-state index in [9.17, 15) is 4.79 Å². The van der Waals surface area contributed by atoms with Gasteiger partial charge in [-0.1, -0.05) is 19.9 Å². The van der Waals surface area contributed by atoms with E-state index in [0.29, 0.717) is 18.3 Å². The summed E-state index contributed by atoms with van der Waals surface area (Å²) < 4.78 is 0. The summed E-state index contributed by atoms with van der Waals surface area (Å²) in [6, 6.07) is 5.84. The number of nitrogen functional groups attached to an aromatic ring is 1. The zero-order valence-corrected chi connectivity index (χ0v) is 13.6. The van der Waals surface area contributed by atoms with E-state index >= 15 is 0 Å². The van der Waals surface area contributed by atoms with Crippen LogP contribution in [0.25, 0.3) is 10.9 Å². The standard InChI is InChI=1S/C17H23N5O/c1-11(2)7-15-17(23)22(6-5-19-15)9-12-3-4-13-14(8-12)20-10-21-16(13)18/h3-4,8,10-11,15,19H,5-7,9H2,1-2H3,(H2,18,20,21)/t15-/m0/s1. The third-order valence-electron chi connectivity index (χ3n) is 4.19. The van der Waals surface area contributed by atoms with E-state index in [4.69, 9.17) is 5.73 Å². The zero-order valence-electron chi connectivity index (χ0n) is 13.6. The monoisotopic (exact) mass is 313 g/mol. The number of benzene rings is 1. The Morgan fingerprint density at radius 1 is 1.39 bits per heavy atom. The number of carbonyl (C=O) groups is 1. The number of anilines is 1. The molecule has 1 aromatic heterocycles. The number of carbonyl (C=O) groups excluding carboxylic acids is 1. The molecule has 3 N–H and O–H groups in total. The second kappa shape index (κ2) is 6.50. The van der Waals surface area contributed by atoms with Crippen LogP contribution in [0.3, 0.4) is 0 Å². The van der Waals surface area contributed by atoms with Gasteiger partial charge < -0.3 is 16.0 Å². The molecule has 2 aromatic rings. The first-order chi connectivity index (χ1) is 11.0. The molecule has 2 heterocycles. The Bertz CT molecular complexity index is 715.